The van der Waals surface area contributed by atoms with Crippen molar-refractivity contribution in [3.8, 4) is 0 Å². The average Bonchev–Trinajstić information content (AvgIpc) is 2.33. The van der Waals surface area contributed by atoms with E-state index in [-0.39, 0.29) is 29.6 Å². The second kappa shape index (κ2) is 7.30. The van der Waals surface area contributed by atoms with E-state index >= 15 is 0 Å². The van der Waals surface area contributed by atoms with Crippen molar-refractivity contribution in [2.75, 3.05) is 0 Å². The van der Waals surface area contributed by atoms with Gasteiger partial charge in [0.1, 0.15) is 0 Å². The third kappa shape index (κ3) is 4.54. The number of aliphatic hydroxyl groups is 2. The zero-order valence-electron chi connectivity index (χ0n) is 11.4. The van der Waals surface area contributed by atoms with Gasteiger partial charge in [-0.2, -0.15) is 52.0 Å². The van der Waals surface area contributed by atoms with E-state index in [4.69, 9.17) is 19.3 Å². The van der Waals surface area contributed by atoms with E-state index < -0.39 is 54.8 Å². The van der Waals surface area contributed by atoms with E-state index in [1.54, 1.807) is 0 Å². The number of hydrogen-bond acceptors (Lipinski definition) is 6. The second-order valence-electron chi connectivity index (χ2n) is 4.13. The summed E-state index contributed by atoms with van der Waals surface area (Å²) in [5.74, 6) is -29.1. The first-order chi connectivity index (χ1) is 10.1. The van der Waals surface area contributed by atoms with Crippen LogP contribution in [0.2, 0.25) is 0 Å². The predicted molar refractivity (Wildman–Crippen MR) is 60.7 cm³/mol. The number of hydrogen-bond donors (Lipinski definition) is 4. The predicted octanol–water partition coefficient (Wildman–Crippen LogP) is -0.441. The van der Waals surface area contributed by atoms with Crippen molar-refractivity contribution in [2.45, 2.75) is 34.6 Å². The molecule has 0 aromatic heterocycles. The molecule has 0 amide bonds. The van der Waals surface area contributed by atoms with Gasteiger partial charge in [0, 0.05) is 29.6 Å². The minimum atomic E-state index is -7.54. The number of rotatable bonds is 7. The van der Waals surface area contributed by atoms with Gasteiger partial charge in [-0.1, -0.05) is 0 Å². The van der Waals surface area contributed by atoms with Gasteiger partial charge in [0.2, 0.25) is 0 Å². The van der Waals surface area contributed by atoms with Crippen LogP contribution < -0.4 is 0 Å². The maximum Gasteiger partial charge on any atom is 0.382 e. The molecule has 25 heavy (non-hydrogen) atoms. The fourth-order valence-electron chi connectivity index (χ4n) is 1.10. The Labute approximate surface area is 155 Å². The second-order valence-corrected chi connectivity index (χ2v) is 7.08. The molecule has 4 N–H and O–H groups in total. The van der Waals surface area contributed by atoms with Crippen LogP contribution in [0.15, 0.2) is 0 Å². The van der Waals surface area contributed by atoms with Gasteiger partial charge in [-0.3, -0.25) is 9.11 Å². The van der Waals surface area contributed by atoms with Gasteiger partial charge in [-0.05, 0) is 0 Å². The minimum Gasteiger partial charge on any atom is -0.370 e. The van der Waals surface area contributed by atoms with Crippen molar-refractivity contribution < 1.29 is 71.3 Å². The van der Waals surface area contributed by atoms with Crippen LogP contribution in [0.25, 0.3) is 0 Å². The SMILES string of the molecule is O=S(=O)(O)C(O)C(F)(F)C(F)(F)C(F)(F)C(F)(F)C(O)S(=O)(=O)O.[Na]. The van der Waals surface area contributed by atoms with E-state index in [0.29, 0.717) is 0 Å². The molecule has 0 saturated heterocycles. The first kappa shape index (κ1) is 27.4. The Morgan fingerprint density at radius 1 is 0.600 bits per heavy atom. The minimum absolute atomic E-state index is 0. The summed E-state index contributed by atoms with van der Waals surface area (Å²) >= 11 is 0. The van der Waals surface area contributed by atoms with Gasteiger partial charge in [-0.15, -0.1) is 0 Å². The quantitative estimate of drug-likeness (QED) is 0.234. The Balaban J connectivity index is 0. The molecule has 0 aliphatic carbocycles. The molecule has 0 spiro atoms. The summed E-state index contributed by atoms with van der Waals surface area (Å²) in [4.78, 5) is 0. The standard InChI is InChI=1S/C6H6F8O8S2.Na/c7-3(8,1(15)23(17,18)19)5(11,12)6(13,14)4(9,10)2(16)24(20,21)22;/h1-2,15-16H,(H,17,18,19)(H,20,21,22);. The summed E-state index contributed by atoms with van der Waals surface area (Å²) in [7, 11) is -13.2. The van der Waals surface area contributed by atoms with Crippen molar-refractivity contribution in [1.82, 2.24) is 0 Å². The van der Waals surface area contributed by atoms with Crippen LogP contribution in [0.1, 0.15) is 0 Å². The summed E-state index contributed by atoms with van der Waals surface area (Å²) in [5, 5.41) is 16.6. The fraction of sp³-hybridized carbons (Fsp3) is 1.00. The molecule has 0 rings (SSSR count). The first-order valence-electron chi connectivity index (χ1n) is 4.86. The molecule has 0 aromatic rings. The van der Waals surface area contributed by atoms with Gasteiger partial charge in [0.25, 0.3) is 31.1 Å². The van der Waals surface area contributed by atoms with Crippen molar-refractivity contribution in [3.63, 3.8) is 0 Å². The third-order valence-corrected chi connectivity index (χ3v) is 4.14. The van der Waals surface area contributed by atoms with Crippen LogP contribution in [0.3, 0.4) is 0 Å². The van der Waals surface area contributed by atoms with Crippen LogP contribution in [0.5, 0.6) is 0 Å². The molecule has 0 aliphatic heterocycles. The van der Waals surface area contributed by atoms with E-state index in [9.17, 15) is 52.0 Å². The summed E-state index contributed by atoms with van der Waals surface area (Å²) in [6.07, 6.45) is 0. The Bertz CT molecular complexity index is 631. The fourth-order valence-corrected chi connectivity index (χ4v) is 2.15. The Kier molecular flexibility index (Phi) is 8.00. The van der Waals surface area contributed by atoms with Crippen molar-refractivity contribution in [2.24, 2.45) is 0 Å². The summed E-state index contributed by atoms with van der Waals surface area (Å²) in [6.45, 7) is 0. The van der Waals surface area contributed by atoms with Gasteiger partial charge in [0.05, 0.1) is 0 Å². The zero-order chi connectivity index (χ0) is 20.2. The molecule has 2 atom stereocenters. The molecular formula is C6H6F8NaO8S2. The summed E-state index contributed by atoms with van der Waals surface area (Å²) < 4.78 is 161. The topological polar surface area (TPSA) is 149 Å². The Morgan fingerprint density at radius 3 is 0.880 bits per heavy atom. The van der Waals surface area contributed by atoms with Crippen LogP contribution in [0, 0.1) is 0 Å². The smallest absolute Gasteiger partial charge is 0.370 e. The summed E-state index contributed by atoms with van der Waals surface area (Å²) in [6, 6.07) is 0. The first-order valence-corrected chi connectivity index (χ1v) is 7.87. The molecule has 8 nitrogen and oxygen atoms in total. The maximum atomic E-state index is 13.1. The Hall–Kier alpha value is 0.180. The van der Waals surface area contributed by atoms with Crippen LogP contribution >= 0.6 is 0 Å². The normalized spacial score (nSPS) is 17.6. The van der Waals surface area contributed by atoms with Crippen molar-refractivity contribution >= 4 is 49.8 Å². The van der Waals surface area contributed by atoms with Gasteiger partial charge in [0.15, 0.2) is 0 Å². The van der Waals surface area contributed by atoms with Gasteiger partial charge < -0.3 is 10.2 Å². The molecular weight excluding hydrogens is 439 g/mol. The zero-order valence-corrected chi connectivity index (χ0v) is 15.0. The molecule has 19 heteroatoms. The van der Waals surface area contributed by atoms with Crippen LogP contribution in [-0.2, 0) is 20.2 Å². The molecule has 147 valence electrons. The molecule has 2 unspecified atom stereocenters. The number of aliphatic hydroxyl groups excluding tert-OH is 2. The van der Waals surface area contributed by atoms with Gasteiger partial charge in [-0.25, -0.2) is 0 Å². The Morgan fingerprint density at radius 2 is 0.760 bits per heavy atom. The largest absolute Gasteiger partial charge is 0.382 e. The van der Waals surface area contributed by atoms with Crippen molar-refractivity contribution in [1.29, 1.82) is 0 Å². The van der Waals surface area contributed by atoms with Crippen LogP contribution in [0.4, 0.5) is 35.1 Å². The summed E-state index contributed by atoms with van der Waals surface area (Å²) in [5.41, 5.74) is -10.0. The van der Waals surface area contributed by atoms with E-state index in [0.717, 1.165) is 0 Å². The van der Waals surface area contributed by atoms with Crippen molar-refractivity contribution in [3.05, 3.63) is 0 Å². The average molecular weight is 445 g/mol. The maximum absolute atomic E-state index is 13.1. The van der Waals surface area contributed by atoms with E-state index in [1.165, 1.54) is 0 Å². The molecule has 1 radical (unpaired) electrons. The molecule has 0 aliphatic rings. The molecule has 0 saturated carbocycles. The van der Waals surface area contributed by atoms with Gasteiger partial charge >= 0.3 is 23.7 Å². The van der Waals surface area contributed by atoms with E-state index in [1.807, 2.05) is 0 Å². The molecule has 0 fully saturated rings. The number of halogens is 8. The monoisotopic (exact) mass is 445 g/mol. The molecule has 0 heterocycles. The van der Waals surface area contributed by atoms with Crippen LogP contribution in [-0.4, -0.2) is 100 Å². The third-order valence-electron chi connectivity index (χ3n) is 2.42. The van der Waals surface area contributed by atoms with E-state index in [2.05, 4.69) is 0 Å². The molecule has 0 aromatic carbocycles. The number of alkyl halides is 8. The molecule has 0 bridgehead atoms.